The van der Waals surface area contributed by atoms with Gasteiger partial charge in [0.1, 0.15) is 0 Å². The molecule has 8 heteroatoms. The first-order valence-corrected chi connectivity index (χ1v) is 8.12. The fraction of sp³-hybridized carbons (Fsp3) is 0.529. The van der Waals surface area contributed by atoms with Crippen LogP contribution in [0.3, 0.4) is 0 Å². The fourth-order valence-electron chi connectivity index (χ4n) is 3.89. The van der Waals surface area contributed by atoms with Crippen LogP contribution in [0.1, 0.15) is 27.9 Å². The minimum absolute atomic E-state index is 0.107. The van der Waals surface area contributed by atoms with Gasteiger partial charge in [-0.3, -0.25) is 19.7 Å². The van der Waals surface area contributed by atoms with E-state index in [9.17, 15) is 24.8 Å². The molecule has 0 saturated carbocycles. The fourth-order valence-corrected chi connectivity index (χ4v) is 3.89. The predicted molar refractivity (Wildman–Crippen MR) is 87.5 cm³/mol. The topological polar surface area (TPSA) is 110 Å². The van der Waals surface area contributed by atoms with Crippen molar-refractivity contribution >= 4 is 17.6 Å². The number of nitro benzene ring substituents is 1. The van der Waals surface area contributed by atoms with Crippen molar-refractivity contribution in [3.05, 3.63) is 38.9 Å². The van der Waals surface area contributed by atoms with Gasteiger partial charge in [-0.05, 0) is 31.9 Å². The number of rotatable bonds is 3. The highest BCUT2D eigenvalue weighted by Crippen LogP contribution is 2.43. The molecule has 134 valence electrons. The third-order valence-corrected chi connectivity index (χ3v) is 5.39. The van der Waals surface area contributed by atoms with Gasteiger partial charge in [0.2, 0.25) is 0 Å². The lowest BCUT2D eigenvalue weighted by molar-refractivity contribution is -0.385. The summed E-state index contributed by atoms with van der Waals surface area (Å²) in [6.45, 7) is 4.41. The van der Waals surface area contributed by atoms with Gasteiger partial charge in [-0.1, -0.05) is 0 Å². The number of carbonyl (C=O) groups excluding carboxylic acids is 1. The Kier molecular flexibility index (Phi) is 4.24. The number of benzene rings is 1. The van der Waals surface area contributed by atoms with Crippen LogP contribution in [-0.2, 0) is 9.53 Å². The van der Waals surface area contributed by atoms with Crippen molar-refractivity contribution in [3.8, 4) is 0 Å². The average molecular weight is 348 g/mol. The van der Waals surface area contributed by atoms with Crippen LogP contribution in [0.25, 0.3) is 0 Å². The Morgan fingerprint density at radius 1 is 1.36 bits per heavy atom. The number of carbonyl (C=O) groups is 2. The molecule has 1 aromatic rings. The van der Waals surface area contributed by atoms with Crippen LogP contribution in [0, 0.1) is 35.3 Å². The maximum Gasteiger partial charge on any atom is 0.311 e. The molecule has 2 heterocycles. The highest BCUT2D eigenvalue weighted by atomic mass is 16.6. The molecule has 2 fully saturated rings. The molecular weight excluding hydrogens is 328 g/mol. The lowest BCUT2D eigenvalue weighted by atomic mass is 9.74. The molecule has 0 unspecified atom stereocenters. The van der Waals surface area contributed by atoms with Crippen LogP contribution in [0.4, 0.5) is 5.69 Å². The summed E-state index contributed by atoms with van der Waals surface area (Å²) in [6, 6.07) is 2.91. The van der Waals surface area contributed by atoms with E-state index in [1.165, 1.54) is 11.0 Å². The number of amides is 1. The van der Waals surface area contributed by atoms with E-state index >= 15 is 0 Å². The SMILES string of the molecule is Cc1cc(C)c([N+](=O)[O-])cc1C(=O)N1C[C@H]2COCC[C@@]2(C(=O)O)C1. The Hall–Kier alpha value is -2.48. The van der Waals surface area contributed by atoms with Gasteiger partial charge in [0.25, 0.3) is 11.6 Å². The van der Waals surface area contributed by atoms with Gasteiger partial charge in [0.15, 0.2) is 0 Å². The lowest BCUT2D eigenvalue weighted by Gasteiger charge is -2.33. The van der Waals surface area contributed by atoms with E-state index < -0.39 is 16.3 Å². The summed E-state index contributed by atoms with van der Waals surface area (Å²) in [5.74, 6) is -1.54. The Balaban J connectivity index is 1.93. The average Bonchev–Trinajstić information content (AvgIpc) is 2.95. The second kappa shape index (κ2) is 6.11. The minimum Gasteiger partial charge on any atom is -0.481 e. The second-order valence-electron chi connectivity index (χ2n) is 6.88. The van der Waals surface area contributed by atoms with Crippen molar-refractivity contribution in [2.75, 3.05) is 26.3 Å². The first-order chi connectivity index (χ1) is 11.8. The number of nitro groups is 1. The molecule has 25 heavy (non-hydrogen) atoms. The zero-order valence-electron chi connectivity index (χ0n) is 14.2. The first-order valence-electron chi connectivity index (χ1n) is 8.12. The highest BCUT2D eigenvalue weighted by Gasteiger charge is 2.55. The molecule has 2 atom stereocenters. The molecule has 3 rings (SSSR count). The summed E-state index contributed by atoms with van der Waals surface area (Å²) in [7, 11) is 0. The van der Waals surface area contributed by atoms with Crippen molar-refractivity contribution in [1.29, 1.82) is 0 Å². The standard InChI is InChI=1S/C17H20N2O6/c1-10-5-11(2)14(19(23)24)6-13(10)15(20)18-7-12-8-25-4-3-17(12,9-18)16(21)22/h5-6,12H,3-4,7-9H2,1-2H3,(H,21,22)/t12-,17+/m0/s1. The van der Waals surface area contributed by atoms with Crippen LogP contribution in [0.5, 0.6) is 0 Å². The van der Waals surface area contributed by atoms with Gasteiger partial charge in [-0.25, -0.2) is 0 Å². The largest absolute Gasteiger partial charge is 0.481 e. The molecule has 2 aliphatic heterocycles. The number of carboxylic acid groups (broad SMARTS) is 1. The number of ether oxygens (including phenoxy) is 1. The third kappa shape index (κ3) is 2.76. The van der Waals surface area contributed by atoms with E-state index in [0.717, 1.165) is 0 Å². The van der Waals surface area contributed by atoms with Crippen LogP contribution in [0.15, 0.2) is 12.1 Å². The highest BCUT2D eigenvalue weighted by molar-refractivity contribution is 5.97. The molecule has 8 nitrogen and oxygen atoms in total. The maximum atomic E-state index is 12.9. The quantitative estimate of drug-likeness (QED) is 0.658. The van der Waals surface area contributed by atoms with E-state index in [1.807, 2.05) is 0 Å². The van der Waals surface area contributed by atoms with E-state index in [4.69, 9.17) is 4.74 Å². The molecule has 0 radical (unpaired) electrons. The van der Waals surface area contributed by atoms with Gasteiger partial charge in [-0.2, -0.15) is 0 Å². The zero-order valence-corrected chi connectivity index (χ0v) is 14.2. The Labute approximate surface area is 144 Å². The molecule has 2 saturated heterocycles. The normalized spacial score (nSPS) is 25.5. The van der Waals surface area contributed by atoms with Crippen molar-refractivity contribution in [3.63, 3.8) is 0 Å². The number of carboxylic acids is 1. The monoisotopic (exact) mass is 348 g/mol. The predicted octanol–water partition coefficient (Wildman–Crippen LogP) is 1.77. The molecule has 0 bridgehead atoms. The summed E-state index contributed by atoms with van der Waals surface area (Å²) in [5, 5.41) is 20.9. The Morgan fingerprint density at radius 2 is 2.08 bits per heavy atom. The summed E-state index contributed by atoms with van der Waals surface area (Å²) >= 11 is 0. The second-order valence-corrected chi connectivity index (χ2v) is 6.88. The van der Waals surface area contributed by atoms with Crippen LogP contribution >= 0.6 is 0 Å². The molecular formula is C17H20N2O6. The molecule has 1 aromatic carbocycles. The lowest BCUT2D eigenvalue weighted by Crippen LogP contribution is -2.45. The number of nitrogens with zero attached hydrogens (tertiary/aromatic N) is 2. The number of aliphatic carboxylic acids is 1. The molecule has 1 amide bonds. The number of aryl methyl sites for hydroxylation is 2. The van der Waals surface area contributed by atoms with Gasteiger partial charge < -0.3 is 14.7 Å². The van der Waals surface area contributed by atoms with Crippen molar-refractivity contribution in [2.45, 2.75) is 20.3 Å². The number of likely N-dealkylation sites (tertiary alicyclic amines) is 1. The van der Waals surface area contributed by atoms with Gasteiger partial charge in [0.05, 0.1) is 16.9 Å². The molecule has 0 spiro atoms. The van der Waals surface area contributed by atoms with E-state index in [1.54, 1.807) is 19.9 Å². The maximum absolute atomic E-state index is 12.9. The molecule has 0 aliphatic carbocycles. The van der Waals surface area contributed by atoms with E-state index in [0.29, 0.717) is 30.8 Å². The van der Waals surface area contributed by atoms with Gasteiger partial charge in [-0.15, -0.1) is 0 Å². The molecule has 1 N–H and O–H groups in total. The van der Waals surface area contributed by atoms with Gasteiger partial charge in [0, 0.05) is 42.8 Å². The number of hydrogen-bond acceptors (Lipinski definition) is 5. The van der Waals surface area contributed by atoms with Crippen molar-refractivity contribution < 1.29 is 24.4 Å². The summed E-state index contributed by atoms with van der Waals surface area (Å²) in [6.07, 6.45) is 0.365. The minimum atomic E-state index is -0.988. The summed E-state index contributed by atoms with van der Waals surface area (Å²) in [4.78, 5) is 36.9. The summed E-state index contributed by atoms with van der Waals surface area (Å²) in [5.41, 5.74) is 0.283. The van der Waals surface area contributed by atoms with Crippen LogP contribution < -0.4 is 0 Å². The summed E-state index contributed by atoms with van der Waals surface area (Å²) < 4.78 is 5.39. The van der Waals surface area contributed by atoms with Crippen molar-refractivity contribution in [1.82, 2.24) is 4.90 Å². The Morgan fingerprint density at radius 3 is 2.68 bits per heavy atom. The molecule has 0 aromatic heterocycles. The van der Waals surface area contributed by atoms with Gasteiger partial charge >= 0.3 is 5.97 Å². The van der Waals surface area contributed by atoms with E-state index in [-0.39, 0.29) is 36.2 Å². The molecule has 2 aliphatic rings. The first kappa shape index (κ1) is 17.3. The number of fused-ring (bicyclic) bond motifs is 1. The van der Waals surface area contributed by atoms with Crippen LogP contribution in [-0.4, -0.2) is 53.1 Å². The van der Waals surface area contributed by atoms with Crippen LogP contribution in [0.2, 0.25) is 0 Å². The van der Waals surface area contributed by atoms with Crippen molar-refractivity contribution in [2.24, 2.45) is 11.3 Å². The smallest absolute Gasteiger partial charge is 0.311 e. The zero-order chi connectivity index (χ0) is 18.4. The third-order valence-electron chi connectivity index (χ3n) is 5.39. The Bertz CT molecular complexity index is 762. The number of hydrogen-bond donors (Lipinski definition) is 1. The van der Waals surface area contributed by atoms with E-state index in [2.05, 4.69) is 0 Å².